The molecule has 4 rings (SSSR count). The van der Waals surface area contributed by atoms with E-state index in [-0.39, 0.29) is 11.6 Å². The maximum absolute atomic E-state index is 6.43. The van der Waals surface area contributed by atoms with Crippen molar-refractivity contribution >= 4 is 5.69 Å². The number of hydroxylamine groups is 1. The Bertz CT molecular complexity index is 727. The summed E-state index contributed by atoms with van der Waals surface area (Å²) in [7, 11) is 4.22. The van der Waals surface area contributed by atoms with E-state index in [1.165, 1.54) is 22.4 Å². The summed E-state index contributed by atoms with van der Waals surface area (Å²) in [6, 6.07) is 17.5. The molecule has 0 N–H and O–H groups in total. The van der Waals surface area contributed by atoms with Gasteiger partial charge in [-0.05, 0) is 50.2 Å². The highest BCUT2D eigenvalue weighted by Crippen LogP contribution is 2.48. The highest BCUT2D eigenvalue weighted by Gasteiger charge is 2.47. The van der Waals surface area contributed by atoms with Crippen LogP contribution in [0.3, 0.4) is 0 Å². The van der Waals surface area contributed by atoms with Gasteiger partial charge in [-0.2, -0.15) is 0 Å². The van der Waals surface area contributed by atoms with Gasteiger partial charge in [0.15, 0.2) is 0 Å². The molecule has 2 heterocycles. The number of anilines is 1. The molecule has 0 radical (unpaired) electrons. The summed E-state index contributed by atoms with van der Waals surface area (Å²) in [5, 5.41) is 2.18. The number of para-hydroxylation sites is 1. The molecule has 0 amide bonds. The average Bonchev–Trinajstić information content (AvgIpc) is 2.80. The third kappa shape index (κ3) is 2.35. The maximum Gasteiger partial charge on any atom is 0.101 e. The molecule has 0 spiro atoms. The van der Waals surface area contributed by atoms with Crippen molar-refractivity contribution in [3.05, 3.63) is 65.2 Å². The minimum Gasteiger partial charge on any atom is -0.307 e. The molecule has 23 heavy (non-hydrogen) atoms. The number of rotatable bonds is 2. The lowest BCUT2D eigenvalue weighted by Crippen LogP contribution is -2.37. The normalized spacial score (nSPS) is 25.7. The van der Waals surface area contributed by atoms with Gasteiger partial charge in [0.2, 0.25) is 0 Å². The molecule has 0 aliphatic carbocycles. The minimum absolute atomic E-state index is 0.107. The summed E-state index contributed by atoms with van der Waals surface area (Å²) in [6.07, 6.45) is 2.20. The van der Waals surface area contributed by atoms with Crippen molar-refractivity contribution in [3.8, 4) is 0 Å². The minimum atomic E-state index is -0.107. The van der Waals surface area contributed by atoms with Gasteiger partial charge in [-0.1, -0.05) is 42.5 Å². The molecule has 1 saturated heterocycles. The van der Waals surface area contributed by atoms with Crippen molar-refractivity contribution in [2.75, 3.05) is 25.7 Å². The predicted octanol–water partition coefficient (Wildman–Crippen LogP) is 3.58. The predicted molar refractivity (Wildman–Crippen MR) is 93.6 cm³/mol. The Hall–Kier alpha value is -1.84. The number of likely N-dealkylation sites (N-methyl/N-ethyl adjacent to an activating group) is 1. The van der Waals surface area contributed by atoms with Crippen LogP contribution in [0, 0.1) is 0 Å². The van der Waals surface area contributed by atoms with Crippen molar-refractivity contribution in [3.63, 3.8) is 0 Å². The van der Waals surface area contributed by atoms with E-state index in [4.69, 9.17) is 4.84 Å². The van der Waals surface area contributed by atoms with Crippen LogP contribution in [0.5, 0.6) is 0 Å². The lowest BCUT2D eigenvalue weighted by atomic mass is 9.84. The topological polar surface area (TPSA) is 15.7 Å². The first-order chi connectivity index (χ1) is 11.1. The largest absolute Gasteiger partial charge is 0.307 e. The Labute approximate surface area is 138 Å². The molecule has 2 atom stereocenters. The summed E-state index contributed by atoms with van der Waals surface area (Å²) in [5.41, 5.74) is 5.27. The quantitative estimate of drug-likeness (QED) is 0.843. The van der Waals surface area contributed by atoms with Crippen LogP contribution in [-0.2, 0) is 16.8 Å². The van der Waals surface area contributed by atoms with Crippen LogP contribution in [-0.4, -0.2) is 31.6 Å². The molecule has 2 aliphatic rings. The highest BCUT2D eigenvalue weighted by molar-refractivity contribution is 5.61. The van der Waals surface area contributed by atoms with Gasteiger partial charge in [-0.3, -0.25) is 4.84 Å². The molecule has 0 bridgehead atoms. The second-order valence-electron chi connectivity index (χ2n) is 7.22. The lowest BCUT2D eigenvalue weighted by Gasteiger charge is -2.34. The second-order valence-corrected chi connectivity index (χ2v) is 7.22. The molecule has 3 nitrogen and oxygen atoms in total. The summed E-state index contributed by atoms with van der Waals surface area (Å²) in [5.74, 6) is 0. The molecular formula is C20H24N2O. The summed E-state index contributed by atoms with van der Waals surface area (Å²) < 4.78 is 0. The van der Waals surface area contributed by atoms with E-state index in [9.17, 15) is 0 Å². The Morgan fingerprint density at radius 1 is 1.09 bits per heavy atom. The van der Waals surface area contributed by atoms with Crippen LogP contribution >= 0.6 is 0 Å². The maximum atomic E-state index is 6.43. The smallest absolute Gasteiger partial charge is 0.101 e. The zero-order valence-electron chi connectivity index (χ0n) is 14.1. The van der Waals surface area contributed by atoms with Gasteiger partial charge >= 0.3 is 0 Å². The van der Waals surface area contributed by atoms with Crippen molar-refractivity contribution < 1.29 is 4.84 Å². The lowest BCUT2D eigenvalue weighted by molar-refractivity contribution is 0.0597. The molecule has 2 unspecified atom stereocenters. The fourth-order valence-corrected chi connectivity index (χ4v) is 4.14. The summed E-state index contributed by atoms with van der Waals surface area (Å²) >= 11 is 0. The zero-order valence-corrected chi connectivity index (χ0v) is 14.1. The monoisotopic (exact) mass is 308 g/mol. The molecule has 0 aromatic heterocycles. The van der Waals surface area contributed by atoms with Gasteiger partial charge in [0.25, 0.3) is 0 Å². The number of benzene rings is 2. The summed E-state index contributed by atoms with van der Waals surface area (Å²) in [6.45, 7) is 3.26. The molecule has 2 aromatic carbocycles. The standard InChI is InChI=1S/C20H24N2O/c1-20-13-17(14-21(2)3)23-22(20)19-11-7-5-9-16(19)12-15-8-4-6-10-18(15)20/h4-11,17H,12-14H2,1-3H3. The van der Waals surface area contributed by atoms with Gasteiger partial charge in [0.05, 0.1) is 11.2 Å². The van der Waals surface area contributed by atoms with Crippen molar-refractivity contribution in [2.45, 2.75) is 31.4 Å². The van der Waals surface area contributed by atoms with Crippen molar-refractivity contribution in [1.29, 1.82) is 0 Å². The van der Waals surface area contributed by atoms with Crippen LogP contribution in [0.15, 0.2) is 48.5 Å². The molecule has 2 aromatic rings. The first kappa shape index (κ1) is 14.7. The van der Waals surface area contributed by atoms with E-state index < -0.39 is 0 Å². The van der Waals surface area contributed by atoms with Gasteiger partial charge in [-0.15, -0.1) is 0 Å². The van der Waals surface area contributed by atoms with Crippen LogP contribution in [0.25, 0.3) is 0 Å². The number of fused-ring (bicyclic) bond motifs is 5. The van der Waals surface area contributed by atoms with E-state index >= 15 is 0 Å². The van der Waals surface area contributed by atoms with Crippen LogP contribution in [0.2, 0.25) is 0 Å². The van der Waals surface area contributed by atoms with Gasteiger partial charge < -0.3 is 4.90 Å². The second kappa shape index (κ2) is 5.36. The fourth-order valence-electron chi connectivity index (χ4n) is 4.14. The number of hydrogen-bond donors (Lipinski definition) is 0. The highest BCUT2D eigenvalue weighted by atomic mass is 16.7. The van der Waals surface area contributed by atoms with Gasteiger partial charge in [0, 0.05) is 13.0 Å². The number of nitrogens with zero attached hydrogens (tertiary/aromatic N) is 2. The Balaban J connectivity index is 1.86. The molecule has 120 valence electrons. The van der Waals surface area contributed by atoms with Gasteiger partial charge in [0.1, 0.15) is 6.10 Å². The Kier molecular flexibility index (Phi) is 3.43. The zero-order chi connectivity index (χ0) is 16.0. The van der Waals surface area contributed by atoms with Gasteiger partial charge in [-0.25, -0.2) is 5.06 Å². The van der Waals surface area contributed by atoms with Crippen LogP contribution < -0.4 is 5.06 Å². The fraction of sp³-hybridized carbons (Fsp3) is 0.400. The molecular weight excluding hydrogens is 284 g/mol. The van der Waals surface area contributed by atoms with Crippen LogP contribution in [0.1, 0.15) is 30.0 Å². The van der Waals surface area contributed by atoms with E-state index in [1.54, 1.807) is 0 Å². The van der Waals surface area contributed by atoms with E-state index in [0.29, 0.717) is 0 Å². The number of hydrogen-bond acceptors (Lipinski definition) is 3. The Morgan fingerprint density at radius 3 is 2.57 bits per heavy atom. The van der Waals surface area contributed by atoms with E-state index in [2.05, 4.69) is 79.5 Å². The first-order valence-electron chi connectivity index (χ1n) is 8.36. The molecule has 2 aliphatic heterocycles. The molecule has 1 fully saturated rings. The average molecular weight is 308 g/mol. The molecule has 3 heteroatoms. The Morgan fingerprint density at radius 2 is 1.78 bits per heavy atom. The molecule has 0 saturated carbocycles. The third-order valence-corrected chi connectivity index (χ3v) is 5.09. The van der Waals surface area contributed by atoms with Crippen molar-refractivity contribution in [1.82, 2.24) is 4.90 Å². The van der Waals surface area contributed by atoms with E-state index in [1.807, 2.05) is 0 Å². The first-order valence-corrected chi connectivity index (χ1v) is 8.36. The summed E-state index contributed by atoms with van der Waals surface area (Å²) in [4.78, 5) is 8.64. The van der Waals surface area contributed by atoms with Crippen LogP contribution in [0.4, 0.5) is 5.69 Å². The SMILES string of the molecule is CN(C)CC1CC2(C)c3ccccc3Cc3ccccc3N2O1. The van der Waals surface area contributed by atoms with E-state index in [0.717, 1.165) is 19.4 Å². The third-order valence-electron chi connectivity index (χ3n) is 5.09. The van der Waals surface area contributed by atoms with Crippen molar-refractivity contribution in [2.24, 2.45) is 0 Å².